The van der Waals surface area contributed by atoms with E-state index >= 15 is 0 Å². The molecule has 0 spiro atoms. The Labute approximate surface area is 53.9 Å². The fourth-order valence-electron chi connectivity index (χ4n) is 0.359. The van der Waals surface area contributed by atoms with Crippen LogP contribution >= 0.6 is 15.9 Å². The van der Waals surface area contributed by atoms with Crippen molar-refractivity contribution in [3.8, 4) is 5.88 Å². The van der Waals surface area contributed by atoms with Gasteiger partial charge in [-0.3, -0.25) is 0 Å². The SMILES string of the molecule is Nc1nc(O)c(Br)[nH]1. The van der Waals surface area contributed by atoms with E-state index in [9.17, 15) is 0 Å². The summed E-state index contributed by atoms with van der Waals surface area (Å²) in [4.78, 5) is 5.98. The Bertz CT molecular complexity index is 177. The van der Waals surface area contributed by atoms with Gasteiger partial charge in [-0.25, -0.2) is 0 Å². The molecule has 5 heteroatoms. The summed E-state index contributed by atoms with van der Waals surface area (Å²) in [5.74, 6) is 0.0943. The van der Waals surface area contributed by atoms with E-state index < -0.39 is 0 Å². The molecule has 0 aliphatic heterocycles. The van der Waals surface area contributed by atoms with Crippen molar-refractivity contribution in [2.24, 2.45) is 0 Å². The average molecular weight is 178 g/mol. The van der Waals surface area contributed by atoms with Crippen LogP contribution in [0.4, 0.5) is 5.95 Å². The summed E-state index contributed by atoms with van der Waals surface area (Å²) in [5.41, 5.74) is 5.12. The molecule has 1 aromatic rings. The highest BCUT2D eigenvalue weighted by molar-refractivity contribution is 9.10. The number of anilines is 1. The van der Waals surface area contributed by atoms with Crippen LogP contribution in [0.1, 0.15) is 0 Å². The summed E-state index contributed by atoms with van der Waals surface area (Å²) >= 11 is 2.97. The standard InChI is InChI=1S/C3H4BrN3O/c4-1-2(8)7-3(5)6-1/h8H,(H3,5,6,7). The van der Waals surface area contributed by atoms with Crippen molar-refractivity contribution in [1.82, 2.24) is 9.97 Å². The molecule has 0 atom stereocenters. The largest absolute Gasteiger partial charge is 0.491 e. The Morgan fingerprint density at radius 3 is 2.50 bits per heavy atom. The second-order valence-corrected chi connectivity index (χ2v) is 2.05. The van der Waals surface area contributed by atoms with Gasteiger partial charge in [0.15, 0.2) is 0 Å². The fraction of sp³-hybridized carbons (Fsp3) is 0. The number of nitrogens with zero attached hydrogens (tertiary/aromatic N) is 1. The maximum absolute atomic E-state index is 8.67. The predicted octanol–water partition coefficient (Wildman–Crippen LogP) is 0.460. The number of hydrogen-bond donors (Lipinski definition) is 3. The monoisotopic (exact) mass is 177 g/mol. The van der Waals surface area contributed by atoms with Crippen LogP contribution in [0.2, 0.25) is 0 Å². The minimum absolute atomic E-state index is 0.109. The van der Waals surface area contributed by atoms with E-state index in [0.29, 0.717) is 4.60 Å². The normalized spacial score (nSPS) is 9.62. The summed E-state index contributed by atoms with van der Waals surface area (Å²) in [6.45, 7) is 0. The summed E-state index contributed by atoms with van der Waals surface area (Å²) in [6.07, 6.45) is 0. The van der Waals surface area contributed by atoms with Gasteiger partial charge in [0.25, 0.3) is 0 Å². The number of hydrogen-bond acceptors (Lipinski definition) is 3. The Kier molecular flexibility index (Phi) is 1.13. The smallest absolute Gasteiger partial charge is 0.246 e. The van der Waals surface area contributed by atoms with Crippen molar-refractivity contribution in [3.63, 3.8) is 0 Å². The topological polar surface area (TPSA) is 74.9 Å². The van der Waals surface area contributed by atoms with E-state index in [1.165, 1.54) is 0 Å². The minimum atomic E-state index is -0.109. The molecular weight excluding hydrogens is 174 g/mol. The van der Waals surface area contributed by atoms with Crippen molar-refractivity contribution < 1.29 is 5.11 Å². The van der Waals surface area contributed by atoms with Crippen molar-refractivity contribution in [3.05, 3.63) is 4.60 Å². The van der Waals surface area contributed by atoms with Crippen LogP contribution in [0.3, 0.4) is 0 Å². The summed E-state index contributed by atoms with van der Waals surface area (Å²) in [7, 11) is 0. The molecule has 0 saturated carbocycles. The van der Waals surface area contributed by atoms with Crippen LogP contribution in [0, 0.1) is 0 Å². The van der Waals surface area contributed by atoms with Gasteiger partial charge in [0.1, 0.15) is 4.60 Å². The number of aromatic hydroxyl groups is 1. The lowest BCUT2D eigenvalue weighted by Gasteiger charge is -1.75. The molecule has 0 radical (unpaired) electrons. The zero-order valence-electron chi connectivity index (χ0n) is 3.85. The average Bonchev–Trinajstić information content (AvgIpc) is 1.85. The molecule has 0 aromatic carbocycles. The van der Waals surface area contributed by atoms with Crippen molar-refractivity contribution in [1.29, 1.82) is 0 Å². The number of nitrogens with two attached hydrogens (primary N) is 1. The number of halogens is 1. The van der Waals surface area contributed by atoms with E-state index in [-0.39, 0.29) is 11.8 Å². The third kappa shape index (κ3) is 0.764. The van der Waals surface area contributed by atoms with Crippen LogP contribution in [-0.2, 0) is 0 Å². The number of aromatic amines is 1. The molecule has 0 bridgehead atoms. The molecule has 1 heterocycles. The lowest BCUT2D eigenvalue weighted by molar-refractivity contribution is 0.453. The molecule has 0 fully saturated rings. The van der Waals surface area contributed by atoms with Gasteiger partial charge < -0.3 is 15.8 Å². The van der Waals surface area contributed by atoms with Crippen LogP contribution < -0.4 is 5.73 Å². The van der Waals surface area contributed by atoms with Crippen LogP contribution in [0.25, 0.3) is 0 Å². The van der Waals surface area contributed by atoms with E-state index in [2.05, 4.69) is 25.9 Å². The Morgan fingerprint density at radius 2 is 2.38 bits per heavy atom. The highest BCUT2D eigenvalue weighted by Gasteiger charge is 2.00. The zero-order valence-corrected chi connectivity index (χ0v) is 5.44. The number of nitrogens with one attached hydrogen (secondary N) is 1. The predicted molar refractivity (Wildman–Crippen MR) is 32.4 cm³/mol. The molecule has 44 valence electrons. The maximum atomic E-state index is 8.67. The molecular formula is C3H4BrN3O. The Balaban J connectivity index is 3.14. The van der Waals surface area contributed by atoms with Gasteiger partial charge in [0.2, 0.25) is 11.8 Å². The summed E-state index contributed by atoms with van der Waals surface area (Å²) in [5, 5.41) is 8.67. The van der Waals surface area contributed by atoms with E-state index in [4.69, 9.17) is 10.8 Å². The highest BCUT2D eigenvalue weighted by atomic mass is 79.9. The first kappa shape index (κ1) is 5.43. The van der Waals surface area contributed by atoms with E-state index in [1.54, 1.807) is 0 Å². The highest BCUT2D eigenvalue weighted by Crippen LogP contribution is 2.19. The summed E-state index contributed by atoms with van der Waals surface area (Å²) in [6, 6.07) is 0. The van der Waals surface area contributed by atoms with Gasteiger partial charge in [0, 0.05) is 0 Å². The van der Waals surface area contributed by atoms with Gasteiger partial charge in [-0.1, -0.05) is 0 Å². The molecule has 1 aromatic heterocycles. The van der Waals surface area contributed by atoms with Crippen LogP contribution in [0.5, 0.6) is 5.88 Å². The number of aromatic nitrogens is 2. The molecule has 4 N–H and O–H groups in total. The van der Waals surface area contributed by atoms with Gasteiger partial charge in [-0.2, -0.15) is 4.98 Å². The Morgan fingerprint density at radius 1 is 1.75 bits per heavy atom. The zero-order chi connectivity index (χ0) is 6.15. The first-order valence-electron chi connectivity index (χ1n) is 1.90. The molecule has 0 aliphatic rings. The van der Waals surface area contributed by atoms with E-state index in [1.807, 2.05) is 0 Å². The Hall–Kier alpha value is -0.710. The number of imidazole rings is 1. The number of nitrogen functional groups attached to an aromatic ring is 1. The van der Waals surface area contributed by atoms with Gasteiger partial charge in [-0.05, 0) is 15.9 Å². The quantitative estimate of drug-likeness (QED) is 0.540. The van der Waals surface area contributed by atoms with Crippen LogP contribution in [0.15, 0.2) is 4.60 Å². The molecule has 0 amide bonds. The molecule has 4 nitrogen and oxygen atoms in total. The molecule has 0 saturated heterocycles. The third-order valence-electron chi connectivity index (χ3n) is 0.660. The lowest BCUT2D eigenvalue weighted by atomic mass is 10.9. The van der Waals surface area contributed by atoms with Gasteiger partial charge in [0.05, 0.1) is 0 Å². The van der Waals surface area contributed by atoms with Crippen LogP contribution in [-0.4, -0.2) is 15.1 Å². The first-order chi connectivity index (χ1) is 3.70. The molecule has 8 heavy (non-hydrogen) atoms. The minimum Gasteiger partial charge on any atom is -0.491 e. The van der Waals surface area contributed by atoms with Crippen molar-refractivity contribution >= 4 is 21.9 Å². The van der Waals surface area contributed by atoms with E-state index in [0.717, 1.165) is 0 Å². The van der Waals surface area contributed by atoms with Gasteiger partial charge >= 0.3 is 0 Å². The number of H-pyrrole nitrogens is 1. The van der Waals surface area contributed by atoms with Crippen molar-refractivity contribution in [2.75, 3.05) is 5.73 Å². The molecule has 0 aliphatic carbocycles. The molecule has 0 unspecified atom stereocenters. The first-order valence-corrected chi connectivity index (χ1v) is 2.69. The second-order valence-electron chi connectivity index (χ2n) is 1.26. The fourth-order valence-corrected chi connectivity index (χ4v) is 0.651. The lowest BCUT2D eigenvalue weighted by Crippen LogP contribution is -1.84. The van der Waals surface area contributed by atoms with Crippen molar-refractivity contribution in [2.45, 2.75) is 0 Å². The second kappa shape index (κ2) is 1.66. The van der Waals surface area contributed by atoms with Gasteiger partial charge in [-0.15, -0.1) is 0 Å². The maximum Gasteiger partial charge on any atom is 0.246 e. The summed E-state index contributed by atoms with van der Waals surface area (Å²) < 4.78 is 0.412. The molecule has 1 rings (SSSR count). The number of rotatable bonds is 0. The third-order valence-corrected chi connectivity index (χ3v) is 1.21.